The summed E-state index contributed by atoms with van der Waals surface area (Å²) < 4.78 is 17.2. The van der Waals surface area contributed by atoms with Gasteiger partial charge in [-0.3, -0.25) is 4.79 Å². The summed E-state index contributed by atoms with van der Waals surface area (Å²) >= 11 is 0. The number of piperidine rings is 1. The molecule has 0 bridgehead atoms. The number of nitrogens with zero attached hydrogens (tertiary/aromatic N) is 4. The van der Waals surface area contributed by atoms with E-state index >= 15 is 0 Å². The molecular weight excluding hydrogens is 510 g/mol. The number of nitrogens with one attached hydrogen (secondary N) is 1. The van der Waals surface area contributed by atoms with Crippen molar-refractivity contribution in [2.24, 2.45) is 0 Å². The summed E-state index contributed by atoms with van der Waals surface area (Å²) in [6.45, 7) is 6.41. The standard InChI is InChI=1S/C30H29N5O5/c1-30(2,3)40-29(37)35-14-12-23(13-15-35)33-28(36)22-16-26(38-24-8-4-20(18-31)5-9-24)34-27(17-22)39-25-10-6-21(19-32)7-11-25/h4-11,16-17,23H,12-15H2,1-3H3,(H,33,36). The molecule has 2 amide bonds. The first-order chi connectivity index (χ1) is 19.1. The lowest BCUT2D eigenvalue weighted by atomic mass is 10.0. The van der Waals surface area contributed by atoms with Gasteiger partial charge < -0.3 is 24.4 Å². The van der Waals surface area contributed by atoms with E-state index in [0.717, 1.165) is 0 Å². The molecule has 4 rings (SSSR count). The lowest BCUT2D eigenvalue weighted by molar-refractivity contribution is 0.0199. The molecule has 40 heavy (non-hydrogen) atoms. The maximum absolute atomic E-state index is 13.3. The highest BCUT2D eigenvalue weighted by atomic mass is 16.6. The second kappa shape index (κ2) is 12.2. The molecule has 3 aromatic rings. The third kappa shape index (κ3) is 7.71. The number of pyridine rings is 1. The highest BCUT2D eigenvalue weighted by Crippen LogP contribution is 2.28. The maximum atomic E-state index is 13.3. The van der Waals surface area contributed by atoms with E-state index in [4.69, 9.17) is 24.7 Å². The van der Waals surface area contributed by atoms with Crippen molar-refractivity contribution in [1.82, 2.24) is 15.2 Å². The lowest BCUT2D eigenvalue weighted by Gasteiger charge is -2.33. The number of rotatable bonds is 6. The summed E-state index contributed by atoms with van der Waals surface area (Å²) in [5, 5.41) is 21.1. The molecular formula is C30H29N5O5. The molecule has 0 unspecified atom stereocenters. The van der Waals surface area contributed by atoms with E-state index in [1.165, 1.54) is 12.1 Å². The number of hydrogen-bond donors (Lipinski definition) is 1. The number of nitriles is 2. The SMILES string of the molecule is CC(C)(C)OC(=O)N1CCC(NC(=O)c2cc(Oc3ccc(C#N)cc3)nc(Oc3ccc(C#N)cc3)c2)CC1. The first-order valence-corrected chi connectivity index (χ1v) is 12.8. The normalized spacial score (nSPS) is 13.5. The topological polar surface area (TPSA) is 138 Å². The molecule has 0 atom stereocenters. The second-order valence-corrected chi connectivity index (χ2v) is 10.2. The Morgan fingerprint density at radius 1 is 0.875 bits per heavy atom. The van der Waals surface area contributed by atoms with Crippen molar-refractivity contribution in [1.29, 1.82) is 10.5 Å². The Morgan fingerprint density at radius 3 is 1.77 bits per heavy atom. The fraction of sp³-hybridized carbons (Fsp3) is 0.300. The summed E-state index contributed by atoms with van der Waals surface area (Å²) in [5.74, 6) is 0.778. The molecule has 10 nitrogen and oxygen atoms in total. The third-order valence-electron chi connectivity index (χ3n) is 5.93. The monoisotopic (exact) mass is 539 g/mol. The number of aromatic nitrogens is 1. The molecule has 1 aromatic heterocycles. The Hall–Kier alpha value is -5.09. The molecule has 10 heteroatoms. The molecule has 1 aliphatic heterocycles. The Morgan fingerprint density at radius 2 is 1.35 bits per heavy atom. The van der Waals surface area contributed by atoms with Gasteiger partial charge in [0.2, 0.25) is 11.8 Å². The van der Waals surface area contributed by atoms with Gasteiger partial charge in [-0.05, 0) is 82.1 Å². The van der Waals surface area contributed by atoms with Crippen molar-refractivity contribution in [3.8, 4) is 35.4 Å². The average molecular weight is 540 g/mol. The van der Waals surface area contributed by atoms with Gasteiger partial charge in [0.05, 0.1) is 28.8 Å². The molecule has 0 spiro atoms. The zero-order valence-corrected chi connectivity index (χ0v) is 22.5. The summed E-state index contributed by atoms with van der Waals surface area (Å²) in [6, 6.07) is 20.0. The highest BCUT2D eigenvalue weighted by Gasteiger charge is 2.28. The Kier molecular flexibility index (Phi) is 8.51. The lowest BCUT2D eigenvalue weighted by Crippen LogP contribution is -2.47. The summed E-state index contributed by atoms with van der Waals surface area (Å²) in [4.78, 5) is 31.7. The van der Waals surface area contributed by atoms with Gasteiger partial charge >= 0.3 is 6.09 Å². The number of carbonyl (C=O) groups excluding carboxylic acids is 2. The molecule has 0 saturated carbocycles. The van der Waals surface area contributed by atoms with Crippen LogP contribution in [-0.2, 0) is 4.74 Å². The van der Waals surface area contributed by atoms with Crippen molar-refractivity contribution in [3.63, 3.8) is 0 Å². The fourth-order valence-electron chi connectivity index (χ4n) is 3.95. The van der Waals surface area contributed by atoms with Crippen LogP contribution in [0.5, 0.6) is 23.3 Å². The minimum atomic E-state index is -0.571. The maximum Gasteiger partial charge on any atom is 0.410 e. The summed E-state index contributed by atoms with van der Waals surface area (Å²) in [5.41, 5.74) is 0.669. The molecule has 1 saturated heterocycles. The smallest absolute Gasteiger partial charge is 0.410 e. The number of likely N-dealkylation sites (tertiary alicyclic amines) is 1. The number of ether oxygens (including phenoxy) is 3. The van der Waals surface area contributed by atoms with Crippen LogP contribution in [0.3, 0.4) is 0 Å². The van der Waals surface area contributed by atoms with E-state index in [1.54, 1.807) is 53.4 Å². The predicted molar refractivity (Wildman–Crippen MR) is 145 cm³/mol. The largest absolute Gasteiger partial charge is 0.444 e. The molecule has 2 aromatic carbocycles. The number of amides is 2. The highest BCUT2D eigenvalue weighted by molar-refractivity contribution is 5.95. The molecule has 204 valence electrons. The van der Waals surface area contributed by atoms with Crippen LogP contribution >= 0.6 is 0 Å². The van der Waals surface area contributed by atoms with E-state index in [1.807, 2.05) is 20.8 Å². The molecule has 0 radical (unpaired) electrons. The molecule has 1 N–H and O–H groups in total. The summed E-state index contributed by atoms with van der Waals surface area (Å²) in [7, 11) is 0. The first kappa shape index (κ1) is 27.9. The molecule has 1 aliphatic rings. The Balaban J connectivity index is 1.49. The van der Waals surface area contributed by atoms with Crippen molar-refractivity contribution < 1.29 is 23.8 Å². The van der Waals surface area contributed by atoms with Crippen LogP contribution in [0.2, 0.25) is 0 Å². The van der Waals surface area contributed by atoms with Gasteiger partial charge in [0.15, 0.2) is 0 Å². The van der Waals surface area contributed by atoms with Crippen molar-refractivity contribution in [3.05, 3.63) is 77.4 Å². The van der Waals surface area contributed by atoms with Crippen LogP contribution in [0.15, 0.2) is 60.7 Å². The zero-order valence-electron chi connectivity index (χ0n) is 22.5. The minimum Gasteiger partial charge on any atom is -0.444 e. The fourth-order valence-corrected chi connectivity index (χ4v) is 3.95. The van der Waals surface area contributed by atoms with Crippen LogP contribution in [0.4, 0.5) is 4.79 Å². The van der Waals surface area contributed by atoms with Gasteiger partial charge in [-0.15, -0.1) is 0 Å². The van der Waals surface area contributed by atoms with Crippen molar-refractivity contribution in [2.75, 3.05) is 13.1 Å². The van der Waals surface area contributed by atoms with Gasteiger partial charge in [-0.1, -0.05) is 0 Å². The van der Waals surface area contributed by atoms with E-state index in [2.05, 4.69) is 22.4 Å². The third-order valence-corrected chi connectivity index (χ3v) is 5.93. The van der Waals surface area contributed by atoms with E-state index in [9.17, 15) is 9.59 Å². The van der Waals surface area contributed by atoms with Gasteiger partial charge in [0, 0.05) is 31.3 Å². The van der Waals surface area contributed by atoms with Gasteiger partial charge in [-0.25, -0.2) is 4.79 Å². The van der Waals surface area contributed by atoms with Crippen LogP contribution in [0.25, 0.3) is 0 Å². The quantitative estimate of drug-likeness (QED) is 0.431. The Labute approximate surface area is 232 Å². The van der Waals surface area contributed by atoms with Crippen molar-refractivity contribution >= 4 is 12.0 Å². The molecule has 1 fully saturated rings. The zero-order chi connectivity index (χ0) is 28.7. The first-order valence-electron chi connectivity index (χ1n) is 12.8. The van der Waals surface area contributed by atoms with Crippen LogP contribution < -0.4 is 14.8 Å². The molecule has 2 heterocycles. The molecule has 0 aliphatic carbocycles. The van der Waals surface area contributed by atoms with E-state index in [0.29, 0.717) is 48.6 Å². The van der Waals surface area contributed by atoms with Crippen LogP contribution in [0, 0.1) is 22.7 Å². The number of hydrogen-bond acceptors (Lipinski definition) is 8. The van der Waals surface area contributed by atoms with Gasteiger partial charge in [0.25, 0.3) is 5.91 Å². The van der Waals surface area contributed by atoms with Gasteiger partial charge in [0.1, 0.15) is 17.1 Å². The minimum absolute atomic E-state index is 0.126. The van der Waals surface area contributed by atoms with E-state index in [-0.39, 0.29) is 35.4 Å². The Bertz CT molecular complexity index is 1360. The van der Waals surface area contributed by atoms with Crippen LogP contribution in [0.1, 0.15) is 55.1 Å². The second-order valence-electron chi connectivity index (χ2n) is 10.2. The van der Waals surface area contributed by atoms with Crippen LogP contribution in [-0.4, -0.2) is 46.6 Å². The van der Waals surface area contributed by atoms with Gasteiger partial charge in [-0.2, -0.15) is 15.5 Å². The number of benzene rings is 2. The average Bonchev–Trinajstić information content (AvgIpc) is 2.93. The number of carbonyl (C=O) groups is 2. The predicted octanol–water partition coefficient (Wildman–Crippen LogP) is 5.54. The van der Waals surface area contributed by atoms with Crippen molar-refractivity contribution in [2.45, 2.75) is 45.3 Å². The van der Waals surface area contributed by atoms with E-state index < -0.39 is 5.60 Å². The summed E-state index contributed by atoms with van der Waals surface area (Å²) in [6.07, 6.45) is 0.805.